The predicted octanol–water partition coefficient (Wildman–Crippen LogP) is 4.34. The average Bonchev–Trinajstić information content (AvgIpc) is 2.22. The van der Waals surface area contributed by atoms with Gasteiger partial charge >= 0.3 is 0 Å². The molecule has 0 nitrogen and oxygen atoms in total. The van der Waals surface area contributed by atoms with Crippen molar-refractivity contribution >= 4 is 0 Å². The Labute approximate surface area is 87.0 Å². The Kier molecular flexibility index (Phi) is 6.39. The van der Waals surface area contributed by atoms with Gasteiger partial charge in [-0.15, -0.1) is 0 Å². The Morgan fingerprint density at radius 3 is 2.00 bits per heavy atom. The third kappa shape index (κ3) is 6.24. The molecule has 74 valence electrons. The van der Waals surface area contributed by atoms with Crippen molar-refractivity contribution in [2.75, 3.05) is 0 Å². The summed E-state index contributed by atoms with van der Waals surface area (Å²) < 4.78 is 0. The second-order valence-electron chi connectivity index (χ2n) is 3.26. The van der Waals surface area contributed by atoms with E-state index in [-0.39, 0.29) is 0 Å². The highest BCUT2D eigenvalue weighted by molar-refractivity contribution is 5.15. The quantitative estimate of drug-likeness (QED) is 0.494. The van der Waals surface area contributed by atoms with Crippen molar-refractivity contribution in [3.8, 4) is 0 Å². The molecule has 0 amide bonds. The zero-order valence-electron chi connectivity index (χ0n) is 8.60. The summed E-state index contributed by atoms with van der Waals surface area (Å²) >= 11 is 0. The zero-order valence-corrected chi connectivity index (χ0v) is 8.60. The van der Waals surface area contributed by atoms with Gasteiger partial charge in [-0.25, -0.2) is 0 Å². The molecular formula is C14H18. The summed E-state index contributed by atoms with van der Waals surface area (Å²) in [6, 6.07) is 0. The summed E-state index contributed by atoms with van der Waals surface area (Å²) in [5.74, 6) is 0. The molecule has 0 heterocycles. The molecule has 0 fully saturated rings. The summed E-state index contributed by atoms with van der Waals surface area (Å²) in [4.78, 5) is 0. The monoisotopic (exact) mass is 186 g/mol. The van der Waals surface area contributed by atoms with Crippen LogP contribution in [0.15, 0.2) is 60.8 Å². The van der Waals surface area contributed by atoms with Gasteiger partial charge in [-0.2, -0.15) is 0 Å². The Bertz CT molecular complexity index is 262. The fourth-order valence-electron chi connectivity index (χ4n) is 1.23. The van der Waals surface area contributed by atoms with Gasteiger partial charge in [0.15, 0.2) is 0 Å². The number of hydrogen-bond acceptors (Lipinski definition) is 0. The van der Waals surface area contributed by atoms with Crippen LogP contribution in [0.2, 0.25) is 0 Å². The SMILES string of the molecule is C1=C\C/C=C/CCC\C=C/C=C/C=C/1. The van der Waals surface area contributed by atoms with E-state index >= 15 is 0 Å². The molecule has 0 saturated heterocycles. The van der Waals surface area contributed by atoms with Crippen molar-refractivity contribution in [2.45, 2.75) is 25.7 Å². The van der Waals surface area contributed by atoms with E-state index in [4.69, 9.17) is 0 Å². The second-order valence-corrected chi connectivity index (χ2v) is 3.26. The van der Waals surface area contributed by atoms with Crippen LogP contribution in [-0.2, 0) is 0 Å². The third-order valence-corrected chi connectivity index (χ3v) is 2.01. The minimum atomic E-state index is 1.05. The van der Waals surface area contributed by atoms with Gasteiger partial charge in [-0.1, -0.05) is 60.8 Å². The van der Waals surface area contributed by atoms with Crippen LogP contribution in [-0.4, -0.2) is 0 Å². The highest BCUT2D eigenvalue weighted by Gasteiger charge is 1.79. The molecule has 0 aromatic rings. The van der Waals surface area contributed by atoms with Crippen LogP contribution in [0.3, 0.4) is 0 Å². The third-order valence-electron chi connectivity index (χ3n) is 2.01. The molecule has 0 N–H and O–H groups in total. The molecule has 0 spiro atoms. The summed E-state index contributed by atoms with van der Waals surface area (Å²) in [5, 5.41) is 0. The Morgan fingerprint density at radius 2 is 1.14 bits per heavy atom. The van der Waals surface area contributed by atoms with E-state index in [1.165, 1.54) is 19.3 Å². The smallest absolute Gasteiger partial charge is 0.0166 e. The molecule has 14 heavy (non-hydrogen) atoms. The highest BCUT2D eigenvalue weighted by atomic mass is 13.9. The first-order valence-electron chi connectivity index (χ1n) is 5.30. The van der Waals surface area contributed by atoms with Crippen LogP contribution in [0.4, 0.5) is 0 Å². The molecule has 0 heteroatoms. The number of rotatable bonds is 0. The summed E-state index contributed by atoms with van der Waals surface area (Å²) in [7, 11) is 0. The molecule has 0 atom stereocenters. The van der Waals surface area contributed by atoms with Crippen molar-refractivity contribution in [2.24, 2.45) is 0 Å². The van der Waals surface area contributed by atoms with Gasteiger partial charge in [0.2, 0.25) is 0 Å². The number of hydrogen-bond donors (Lipinski definition) is 0. The molecule has 0 aromatic heterocycles. The normalized spacial score (nSPS) is 29.7. The number of allylic oxidation sites excluding steroid dienone is 10. The van der Waals surface area contributed by atoms with Crippen molar-refractivity contribution in [1.82, 2.24) is 0 Å². The second kappa shape index (κ2) is 8.31. The van der Waals surface area contributed by atoms with E-state index in [1.807, 2.05) is 0 Å². The maximum Gasteiger partial charge on any atom is -0.0166 e. The van der Waals surface area contributed by atoms with Gasteiger partial charge in [0, 0.05) is 0 Å². The molecular weight excluding hydrogens is 168 g/mol. The standard InChI is InChI=1S/C14H18/c1-2-4-6-8-10-12-14-13-11-9-7-5-3-1/h1-8,11,13H,9-10,12,14H2/b3-1+,4-2+,7-5-,8-6-,13-11+. The minimum Gasteiger partial charge on any atom is -0.0882 e. The zero-order chi connectivity index (χ0) is 9.90. The van der Waals surface area contributed by atoms with E-state index in [0.717, 1.165) is 6.42 Å². The maximum absolute atomic E-state index is 2.27. The Morgan fingerprint density at radius 1 is 0.500 bits per heavy atom. The maximum atomic E-state index is 2.27. The molecule has 0 unspecified atom stereocenters. The van der Waals surface area contributed by atoms with Gasteiger partial charge in [0.25, 0.3) is 0 Å². The average molecular weight is 186 g/mol. The van der Waals surface area contributed by atoms with Crippen molar-refractivity contribution < 1.29 is 0 Å². The lowest BCUT2D eigenvalue weighted by atomic mass is 10.2. The lowest BCUT2D eigenvalue weighted by molar-refractivity contribution is 0.866. The molecule has 0 saturated carbocycles. The highest BCUT2D eigenvalue weighted by Crippen LogP contribution is 2.00. The molecule has 0 bridgehead atoms. The van der Waals surface area contributed by atoms with Gasteiger partial charge in [-0.05, 0) is 25.7 Å². The van der Waals surface area contributed by atoms with Crippen LogP contribution < -0.4 is 0 Å². The largest absolute Gasteiger partial charge is 0.0882 e. The van der Waals surface area contributed by atoms with Crippen LogP contribution in [0.25, 0.3) is 0 Å². The fraction of sp³-hybridized carbons (Fsp3) is 0.286. The minimum absolute atomic E-state index is 1.05. The van der Waals surface area contributed by atoms with E-state index in [9.17, 15) is 0 Å². The van der Waals surface area contributed by atoms with Gasteiger partial charge in [0.1, 0.15) is 0 Å². The topological polar surface area (TPSA) is 0 Å². The van der Waals surface area contributed by atoms with Crippen molar-refractivity contribution in [3.63, 3.8) is 0 Å². The van der Waals surface area contributed by atoms with E-state index in [2.05, 4.69) is 60.8 Å². The molecule has 0 aromatic carbocycles. The summed E-state index contributed by atoms with van der Waals surface area (Å²) in [6.07, 6.45) is 26.0. The first-order chi connectivity index (χ1) is 7.00. The molecule has 1 aliphatic rings. The molecule has 1 rings (SSSR count). The predicted molar refractivity (Wildman–Crippen MR) is 64.2 cm³/mol. The molecule has 0 aliphatic heterocycles. The Hall–Kier alpha value is -1.30. The van der Waals surface area contributed by atoms with E-state index in [0.29, 0.717) is 0 Å². The first-order valence-corrected chi connectivity index (χ1v) is 5.30. The van der Waals surface area contributed by atoms with Crippen LogP contribution in [0.5, 0.6) is 0 Å². The summed E-state index contributed by atoms with van der Waals surface area (Å²) in [5.41, 5.74) is 0. The first kappa shape index (κ1) is 10.8. The van der Waals surface area contributed by atoms with Crippen molar-refractivity contribution in [1.29, 1.82) is 0 Å². The van der Waals surface area contributed by atoms with Crippen LogP contribution >= 0.6 is 0 Å². The van der Waals surface area contributed by atoms with Crippen LogP contribution in [0, 0.1) is 0 Å². The molecule has 0 radical (unpaired) electrons. The lowest BCUT2D eigenvalue weighted by Crippen LogP contribution is -1.69. The van der Waals surface area contributed by atoms with E-state index < -0.39 is 0 Å². The fourth-order valence-corrected chi connectivity index (χ4v) is 1.23. The van der Waals surface area contributed by atoms with Crippen molar-refractivity contribution in [3.05, 3.63) is 60.8 Å². The van der Waals surface area contributed by atoms with Crippen LogP contribution in [0.1, 0.15) is 25.7 Å². The molecule has 1 aliphatic carbocycles. The Balaban J connectivity index is 2.46. The van der Waals surface area contributed by atoms with Gasteiger partial charge in [0.05, 0.1) is 0 Å². The lowest BCUT2D eigenvalue weighted by Gasteiger charge is -1.89. The van der Waals surface area contributed by atoms with Gasteiger partial charge < -0.3 is 0 Å². The van der Waals surface area contributed by atoms with Gasteiger partial charge in [-0.3, -0.25) is 0 Å². The van der Waals surface area contributed by atoms with E-state index in [1.54, 1.807) is 0 Å². The summed E-state index contributed by atoms with van der Waals surface area (Å²) in [6.45, 7) is 0.